The summed E-state index contributed by atoms with van der Waals surface area (Å²) in [5, 5.41) is 0. The van der Waals surface area contributed by atoms with Crippen LogP contribution in [0.3, 0.4) is 0 Å². The fraction of sp³-hybridized carbons (Fsp3) is 1.00. The van der Waals surface area contributed by atoms with Crippen LogP contribution < -0.4 is 5.73 Å². The van der Waals surface area contributed by atoms with E-state index in [9.17, 15) is 0 Å². The smallest absolute Gasteiger partial charge is 0.0498 e. The second kappa shape index (κ2) is 5.94. The van der Waals surface area contributed by atoms with Gasteiger partial charge >= 0.3 is 0 Å². The molecule has 0 aromatic carbocycles. The first-order valence-corrected chi connectivity index (χ1v) is 8.86. The highest BCUT2D eigenvalue weighted by molar-refractivity contribution is 5.09. The van der Waals surface area contributed by atoms with E-state index in [0.29, 0.717) is 0 Å². The Morgan fingerprint density at radius 2 is 1.85 bits per heavy atom. The standard InChI is InChI=1S/C17H33N3/c1-14-7-3-4-8-15(14)19(2)17(13-18)10-12-20-11-6-5-9-16(17)20/h14-16H,3-13,18H2,1-2H3. The topological polar surface area (TPSA) is 32.5 Å². The van der Waals surface area contributed by atoms with Gasteiger partial charge in [-0.2, -0.15) is 0 Å². The molecule has 0 aromatic rings. The van der Waals surface area contributed by atoms with Gasteiger partial charge in [-0.1, -0.05) is 26.2 Å². The maximum Gasteiger partial charge on any atom is 0.0498 e. The summed E-state index contributed by atoms with van der Waals surface area (Å²) in [6.07, 6.45) is 11.1. The van der Waals surface area contributed by atoms with Gasteiger partial charge in [0.1, 0.15) is 0 Å². The third-order valence-corrected chi connectivity index (χ3v) is 6.69. The average molecular weight is 279 g/mol. The van der Waals surface area contributed by atoms with Crippen LogP contribution in [0.15, 0.2) is 0 Å². The molecular weight excluding hydrogens is 246 g/mol. The summed E-state index contributed by atoms with van der Waals surface area (Å²) in [5.74, 6) is 0.842. The maximum absolute atomic E-state index is 6.36. The van der Waals surface area contributed by atoms with E-state index in [2.05, 4.69) is 23.8 Å². The zero-order chi connectivity index (χ0) is 14.2. The molecule has 2 heterocycles. The lowest BCUT2D eigenvalue weighted by molar-refractivity contribution is -0.00215. The molecule has 116 valence electrons. The molecule has 3 aliphatic rings. The van der Waals surface area contributed by atoms with Crippen molar-refractivity contribution in [1.29, 1.82) is 0 Å². The minimum absolute atomic E-state index is 0.261. The van der Waals surface area contributed by atoms with Gasteiger partial charge in [0, 0.05) is 30.7 Å². The van der Waals surface area contributed by atoms with Crippen molar-refractivity contribution < 1.29 is 0 Å². The Balaban J connectivity index is 1.80. The predicted molar refractivity (Wildman–Crippen MR) is 84.8 cm³/mol. The summed E-state index contributed by atoms with van der Waals surface area (Å²) in [6.45, 7) is 5.87. The quantitative estimate of drug-likeness (QED) is 0.861. The lowest BCUT2D eigenvalue weighted by Crippen LogP contribution is -2.64. The van der Waals surface area contributed by atoms with Crippen LogP contribution in [0.1, 0.15) is 58.3 Å². The molecule has 3 heteroatoms. The molecule has 0 radical (unpaired) electrons. The van der Waals surface area contributed by atoms with Gasteiger partial charge in [-0.05, 0) is 51.6 Å². The van der Waals surface area contributed by atoms with Crippen LogP contribution >= 0.6 is 0 Å². The molecule has 3 nitrogen and oxygen atoms in total. The summed E-state index contributed by atoms with van der Waals surface area (Å²) in [7, 11) is 2.39. The van der Waals surface area contributed by atoms with E-state index in [0.717, 1.165) is 24.5 Å². The van der Waals surface area contributed by atoms with Gasteiger partial charge in [0.25, 0.3) is 0 Å². The van der Waals surface area contributed by atoms with Gasteiger partial charge in [-0.25, -0.2) is 0 Å². The molecule has 3 fully saturated rings. The first-order chi connectivity index (χ1) is 9.69. The average Bonchev–Trinajstić information content (AvgIpc) is 2.87. The summed E-state index contributed by atoms with van der Waals surface area (Å²) in [5.41, 5.74) is 6.62. The first kappa shape index (κ1) is 14.8. The molecule has 1 aliphatic carbocycles. The third kappa shape index (κ3) is 2.32. The van der Waals surface area contributed by atoms with Crippen LogP contribution in [0, 0.1) is 5.92 Å². The van der Waals surface area contributed by atoms with Crippen molar-refractivity contribution in [2.75, 3.05) is 26.7 Å². The van der Waals surface area contributed by atoms with Crippen LogP contribution in [0.5, 0.6) is 0 Å². The highest BCUT2D eigenvalue weighted by Crippen LogP contribution is 2.41. The van der Waals surface area contributed by atoms with E-state index < -0.39 is 0 Å². The summed E-state index contributed by atoms with van der Waals surface area (Å²) in [6, 6.07) is 1.48. The van der Waals surface area contributed by atoms with Gasteiger partial charge in [0.15, 0.2) is 0 Å². The van der Waals surface area contributed by atoms with Crippen molar-refractivity contribution in [3.05, 3.63) is 0 Å². The van der Waals surface area contributed by atoms with E-state index >= 15 is 0 Å². The molecule has 0 bridgehead atoms. The van der Waals surface area contributed by atoms with Gasteiger partial charge in [0.2, 0.25) is 0 Å². The summed E-state index contributed by atoms with van der Waals surface area (Å²) in [4.78, 5) is 5.48. The van der Waals surface area contributed by atoms with Gasteiger partial charge in [-0.3, -0.25) is 9.80 Å². The van der Waals surface area contributed by atoms with E-state index in [1.807, 2.05) is 0 Å². The Morgan fingerprint density at radius 3 is 2.60 bits per heavy atom. The van der Waals surface area contributed by atoms with Crippen LogP contribution in [0.25, 0.3) is 0 Å². The van der Waals surface area contributed by atoms with Crippen molar-refractivity contribution in [2.45, 2.75) is 75.9 Å². The fourth-order valence-corrected chi connectivity index (χ4v) is 5.37. The molecule has 2 N–H and O–H groups in total. The SMILES string of the molecule is CC1CCCCC1N(C)C1(CN)CCN2CCCCC21. The molecule has 2 aliphatic heterocycles. The van der Waals surface area contributed by atoms with Gasteiger partial charge in [0.05, 0.1) is 0 Å². The van der Waals surface area contributed by atoms with Crippen molar-refractivity contribution in [3.8, 4) is 0 Å². The minimum atomic E-state index is 0.261. The molecule has 20 heavy (non-hydrogen) atoms. The lowest BCUT2D eigenvalue weighted by atomic mass is 9.78. The Labute approximate surface area is 124 Å². The van der Waals surface area contributed by atoms with Gasteiger partial charge in [-0.15, -0.1) is 0 Å². The van der Waals surface area contributed by atoms with Crippen LogP contribution in [0.2, 0.25) is 0 Å². The van der Waals surface area contributed by atoms with Gasteiger partial charge < -0.3 is 5.73 Å². The van der Waals surface area contributed by atoms with E-state index in [4.69, 9.17) is 5.73 Å². The number of rotatable bonds is 3. The molecule has 0 spiro atoms. The largest absolute Gasteiger partial charge is 0.329 e. The van der Waals surface area contributed by atoms with Crippen LogP contribution in [0.4, 0.5) is 0 Å². The van der Waals surface area contributed by atoms with Crippen molar-refractivity contribution >= 4 is 0 Å². The second-order valence-corrected chi connectivity index (χ2v) is 7.55. The number of fused-ring (bicyclic) bond motifs is 1. The molecule has 0 aromatic heterocycles. The Bertz CT molecular complexity index is 332. The van der Waals surface area contributed by atoms with Crippen LogP contribution in [-0.4, -0.2) is 54.1 Å². The Hall–Kier alpha value is -0.120. The maximum atomic E-state index is 6.36. The number of piperidine rings is 1. The first-order valence-electron chi connectivity index (χ1n) is 8.86. The second-order valence-electron chi connectivity index (χ2n) is 7.55. The number of nitrogens with two attached hydrogens (primary N) is 1. The Morgan fingerprint density at radius 1 is 1.10 bits per heavy atom. The molecule has 0 amide bonds. The van der Waals surface area contributed by atoms with Crippen molar-refractivity contribution in [3.63, 3.8) is 0 Å². The number of hydrogen-bond donors (Lipinski definition) is 1. The monoisotopic (exact) mass is 279 g/mol. The highest BCUT2D eigenvalue weighted by atomic mass is 15.3. The molecule has 4 atom stereocenters. The zero-order valence-electron chi connectivity index (χ0n) is 13.5. The zero-order valence-corrected chi connectivity index (χ0v) is 13.5. The van der Waals surface area contributed by atoms with Crippen LogP contribution in [-0.2, 0) is 0 Å². The number of hydrogen-bond acceptors (Lipinski definition) is 3. The van der Waals surface area contributed by atoms with Crippen molar-refractivity contribution in [2.24, 2.45) is 11.7 Å². The highest BCUT2D eigenvalue weighted by Gasteiger charge is 2.51. The minimum Gasteiger partial charge on any atom is -0.329 e. The summed E-state index contributed by atoms with van der Waals surface area (Å²) < 4.78 is 0. The number of likely N-dealkylation sites (N-methyl/N-ethyl adjacent to an activating group) is 1. The predicted octanol–water partition coefficient (Wildman–Crippen LogP) is 2.45. The van der Waals surface area contributed by atoms with E-state index in [1.54, 1.807) is 0 Å². The van der Waals surface area contributed by atoms with Crippen molar-refractivity contribution in [1.82, 2.24) is 9.80 Å². The van der Waals surface area contributed by atoms with E-state index in [1.165, 1.54) is 64.5 Å². The normalized spacial score (nSPS) is 42.9. The molecule has 3 rings (SSSR count). The summed E-state index contributed by atoms with van der Waals surface area (Å²) >= 11 is 0. The molecular formula is C17H33N3. The third-order valence-electron chi connectivity index (χ3n) is 6.69. The van der Waals surface area contributed by atoms with E-state index in [-0.39, 0.29) is 5.54 Å². The molecule has 2 saturated heterocycles. The number of nitrogens with zero attached hydrogens (tertiary/aromatic N) is 2. The fourth-order valence-electron chi connectivity index (χ4n) is 5.37. The lowest BCUT2D eigenvalue weighted by Gasteiger charge is -2.51. The molecule has 4 unspecified atom stereocenters. The molecule has 1 saturated carbocycles. The Kier molecular flexibility index (Phi) is 4.40.